The molecule has 0 saturated heterocycles. The summed E-state index contributed by atoms with van der Waals surface area (Å²) in [5.41, 5.74) is 0. The lowest BCUT2D eigenvalue weighted by Crippen LogP contribution is -2.25. The largest absolute Gasteiger partial charge is 0.356 e. The third-order valence-electron chi connectivity index (χ3n) is 1.95. The summed E-state index contributed by atoms with van der Waals surface area (Å²) in [7, 11) is 0. The molecule has 1 fully saturated rings. The highest BCUT2D eigenvalue weighted by molar-refractivity contribution is 5.79. The van der Waals surface area contributed by atoms with Gasteiger partial charge in [0.05, 0.1) is 0 Å². The molecule has 5 radical (unpaired) electrons. The predicted molar refractivity (Wildman–Crippen MR) is 53.0 cm³/mol. The maximum absolute atomic E-state index is 11.3. The van der Waals surface area contributed by atoms with E-state index in [1.54, 1.807) is 0 Å². The Bertz CT molecular complexity index is 150. The van der Waals surface area contributed by atoms with Crippen LogP contribution in [0.1, 0.15) is 26.2 Å². The third kappa shape index (κ3) is 4.30. The number of hydrogen-bond donors (Lipinski definition) is 1. The Morgan fingerprint density at radius 3 is 2.69 bits per heavy atom. The third-order valence-corrected chi connectivity index (χ3v) is 1.95. The van der Waals surface area contributed by atoms with Crippen molar-refractivity contribution >= 4 is 5.91 Å². The van der Waals surface area contributed by atoms with E-state index in [2.05, 4.69) is 12.2 Å². The normalized spacial score (nSPS) is 17.6. The number of amides is 1. The van der Waals surface area contributed by atoms with E-state index >= 15 is 0 Å². The molecule has 71 valence electrons. The van der Waals surface area contributed by atoms with Crippen molar-refractivity contribution < 1.29 is 4.79 Å². The second kappa shape index (κ2) is 6.01. The highest BCUT2D eigenvalue weighted by Gasteiger charge is 2.19. The van der Waals surface area contributed by atoms with Crippen molar-refractivity contribution in [2.75, 3.05) is 6.54 Å². The van der Waals surface area contributed by atoms with E-state index in [1.807, 2.05) is 25.7 Å². The Hall–Kier alpha value is -0.530. The molecule has 0 bridgehead atoms. The van der Waals surface area contributed by atoms with Gasteiger partial charge in [0.25, 0.3) is 0 Å². The molecular formula is C11H16NO. The van der Waals surface area contributed by atoms with Crippen molar-refractivity contribution in [3.05, 3.63) is 31.6 Å². The SMILES string of the molecule is CCCCNC(=O)C[C]1[CH][CH][CH][CH]1. The molecule has 1 aliphatic carbocycles. The van der Waals surface area contributed by atoms with Gasteiger partial charge in [-0.2, -0.15) is 0 Å². The number of hydrogen-bond acceptors (Lipinski definition) is 1. The van der Waals surface area contributed by atoms with Crippen LogP contribution in [0, 0.1) is 31.6 Å². The average Bonchev–Trinajstić information content (AvgIpc) is 2.57. The van der Waals surface area contributed by atoms with Crippen molar-refractivity contribution in [2.24, 2.45) is 0 Å². The summed E-state index contributed by atoms with van der Waals surface area (Å²) in [6.07, 6.45) is 10.5. The van der Waals surface area contributed by atoms with Crippen LogP contribution in [0.5, 0.6) is 0 Å². The zero-order valence-corrected chi connectivity index (χ0v) is 8.05. The molecule has 1 rings (SSSR count). The van der Waals surface area contributed by atoms with E-state index in [1.165, 1.54) is 0 Å². The Labute approximate surface area is 81.1 Å². The summed E-state index contributed by atoms with van der Waals surface area (Å²) in [5, 5.41) is 2.88. The number of nitrogens with one attached hydrogen (secondary N) is 1. The topological polar surface area (TPSA) is 29.1 Å². The fourth-order valence-corrected chi connectivity index (χ4v) is 1.18. The van der Waals surface area contributed by atoms with Gasteiger partial charge in [-0.05, 0) is 38.0 Å². The highest BCUT2D eigenvalue weighted by Crippen LogP contribution is 2.25. The monoisotopic (exact) mass is 178 g/mol. The van der Waals surface area contributed by atoms with Gasteiger partial charge in [0.1, 0.15) is 0 Å². The first-order valence-electron chi connectivity index (χ1n) is 4.80. The van der Waals surface area contributed by atoms with E-state index in [0.29, 0.717) is 6.42 Å². The van der Waals surface area contributed by atoms with Gasteiger partial charge in [0.2, 0.25) is 5.91 Å². The molecule has 2 heteroatoms. The molecular weight excluding hydrogens is 162 g/mol. The van der Waals surface area contributed by atoms with Gasteiger partial charge >= 0.3 is 0 Å². The first-order valence-corrected chi connectivity index (χ1v) is 4.80. The molecule has 1 saturated carbocycles. The van der Waals surface area contributed by atoms with Crippen molar-refractivity contribution in [2.45, 2.75) is 26.2 Å². The van der Waals surface area contributed by atoms with Crippen LogP contribution in [-0.2, 0) is 4.79 Å². The second-order valence-electron chi connectivity index (χ2n) is 3.17. The molecule has 2 nitrogen and oxygen atoms in total. The van der Waals surface area contributed by atoms with E-state index < -0.39 is 0 Å². The van der Waals surface area contributed by atoms with Crippen LogP contribution in [-0.4, -0.2) is 12.5 Å². The molecule has 0 heterocycles. The molecule has 1 amide bonds. The fourth-order valence-electron chi connectivity index (χ4n) is 1.18. The molecule has 0 unspecified atom stereocenters. The predicted octanol–water partition coefficient (Wildman–Crippen LogP) is 1.70. The van der Waals surface area contributed by atoms with E-state index in [0.717, 1.165) is 25.3 Å². The van der Waals surface area contributed by atoms with Gasteiger partial charge in [-0.3, -0.25) is 4.79 Å². The van der Waals surface area contributed by atoms with E-state index in [4.69, 9.17) is 0 Å². The Kier molecular flexibility index (Phi) is 4.87. The van der Waals surface area contributed by atoms with Gasteiger partial charge in [-0.25, -0.2) is 0 Å². The molecule has 0 aromatic carbocycles. The van der Waals surface area contributed by atoms with Crippen molar-refractivity contribution in [3.8, 4) is 0 Å². The first kappa shape index (κ1) is 10.6. The van der Waals surface area contributed by atoms with Crippen LogP contribution in [0.4, 0.5) is 0 Å². The molecule has 0 aliphatic heterocycles. The van der Waals surface area contributed by atoms with Crippen LogP contribution >= 0.6 is 0 Å². The summed E-state index contributed by atoms with van der Waals surface area (Å²) < 4.78 is 0. The second-order valence-corrected chi connectivity index (χ2v) is 3.17. The zero-order valence-electron chi connectivity index (χ0n) is 8.05. The van der Waals surface area contributed by atoms with E-state index in [9.17, 15) is 4.79 Å². The van der Waals surface area contributed by atoms with Crippen LogP contribution < -0.4 is 5.32 Å². The van der Waals surface area contributed by atoms with Gasteiger partial charge in [-0.1, -0.05) is 13.3 Å². The standard InChI is InChI=1S/C11H16NO/c1-2-3-8-12-11(13)9-10-6-4-5-7-10/h4-7H,2-3,8-9H2,1H3,(H,12,13). The Balaban J connectivity index is 2.02. The zero-order chi connectivity index (χ0) is 9.52. The lowest BCUT2D eigenvalue weighted by atomic mass is 10.0. The minimum Gasteiger partial charge on any atom is -0.356 e. The van der Waals surface area contributed by atoms with Crippen molar-refractivity contribution in [1.29, 1.82) is 0 Å². The lowest BCUT2D eigenvalue weighted by molar-refractivity contribution is -0.120. The number of rotatable bonds is 5. The maximum atomic E-state index is 11.3. The molecule has 0 spiro atoms. The molecule has 0 aromatic heterocycles. The number of carbonyl (C=O) groups excluding carboxylic acids is 1. The van der Waals surface area contributed by atoms with Crippen LogP contribution in [0.3, 0.4) is 0 Å². The smallest absolute Gasteiger partial charge is 0.220 e. The number of unbranched alkanes of at least 4 members (excludes halogenated alkanes) is 1. The number of carbonyl (C=O) groups is 1. The Morgan fingerprint density at radius 2 is 2.08 bits per heavy atom. The van der Waals surface area contributed by atoms with E-state index in [-0.39, 0.29) is 5.91 Å². The quantitative estimate of drug-likeness (QED) is 0.638. The maximum Gasteiger partial charge on any atom is 0.220 e. The molecule has 0 aromatic rings. The summed E-state index contributed by atoms with van der Waals surface area (Å²) >= 11 is 0. The van der Waals surface area contributed by atoms with Crippen LogP contribution in [0.25, 0.3) is 0 Å². The van der Waals surface area contributed by atoms with Gasteiger partial charge < -0.3 is 5.32 Å². The lowest BCUT2D eigenvalue weighted by Gasteiger charge is -2.07. The van der Waals surface area contributed by atoms with Gasteiger partial charge in [-0.15, -0.1) is 0 Å². The van der Waals surface area contributed by atoms with Gasteiger partial charge in [0, 0.05) is 13.0 Å². The highest BCUT2D eigenvalue weighted by atomic mass is 16.1. The first-order chi connectivity index (χ1) is 6.33. The molecule has 0 atom stereocenters. The Morgan fingerprint density at radius 1 is 1.38 bits per heavy atom. The van der Waals surface area contributed by atoms with Crippen molar-refractivity contribution in [3.63, 3.8) is 0 Å². The fraction of sp³-hybridized carbons (Fsp3) is 0.455. The summed E-state index contributed by atoms with van der Waals surface area (Å²) in [6, 6.07) is 0. The minimum absolute atomic E-state index is 0.125. The van der Waals surface area contributed by atoms with Gasteiger partial charge in [0.15, 0.2) is 0 Å². The minimum atomic E-state index is 0.125. The van der Waals surface area contributed by atoms with Crippen LogP contribution in [0.15, 0.2) is 0 Å². The summed E-state index contributed by atoms with van der Waals surface area (Å²) in [4.78, 5) is 11.3. The molecule has 1 aliphatic rings. The molecule has 1 N–H and O–H groups in total. The average molecular weight is 178 g/mol. The molecule has 13 heavy (non-hydrogen) atoms. The van der Waals surface area contributed by atoms with Crippen LogP contribution in [0.2, 0.25) is 0 Å². The summed E-state index contributed by atoms with van der Waals surface area (Å²) in [5.74, 6) is 1.22. The summed E-state index contributed by atoms with van der Waals surface area (Å²) in [6.45, 7) is 2.92. The van der Waals surface area contributed by atoms with Crippen molar-refractivity contribution in [1.82, 2.24) is 5.32 Å².